The van der Waals surface area contributed by atoms with Crippen molar-refractivity contribution in [2.24, 2.45) is 5.92 Å². The van der Waals surface area contributed by atoms with Crippen molar-refractivity contribution in [1.82, 2.24) is 4.90 Å². The summed E-state index contributed by atoms with van der Waals surface area (Å²) in [6.07, 6.45) is 0. The van der Waals surface area contributed by atoms with Crippen LogP contribution < -0.4 is 0 Å². The van der Waals surface area contributed by atoms with Crippen LogP contribution in [0.4, 0.5) is 0 Å². The number of nitrogens with zero attached hydrogens (tertiary/aromatic N) is 1. The highest BCUT2D eigenvalue weighted by molar-refractivity contribution is 5.71. The largest absolute Gasteiger partial charge is 0.481 e. The smallest absolute Gasteiger partial charge is 0.309 e. The van der Waals surface area contributed by atoms with Gasteiger partial charge in [-0.15, -0.1) is 0 Å². The lowest BCUT2D eigenvalue weighted by Gasteiger charge is -2.37. The molecule has 0 unspecified atom stereocenters. The van der Waals surface area contributed by atoms with E-state index in [2.05, 4.69) is 36.9 Å². The van der Waals surface area contributed by atoms with E-state index < -0.39 is 5.97 Å². The molecule has 1 saturated heterocycles. The summed E-state index contributed by atoms with van der Waals surface area (Å²) in [5, 5.41) is 8.80. The number of rotatable bonds is 3. The molecule has 1 aromatic rings. The summed E-state index contributed by atoms with van der Waals surface area (Å²) in [6, 6.07) is 6.28. The maximum absolute atomic E-state index is 10.7. The van der Waals surface area contributed by atoms with Gasteiger partial charge in [0.15, 0.2) is 0 Å². The predicted molar refractivity (Wildman–Crippen MR) is 62.3 cm³/mol. The number of likely N-dealkylation sites (tertiary alicyclic amines) is 1. The van der Waals surface area contributed by atoms with Crippen LogP contribution in [0.1, 0.15) is 16.7 Å². The Morgan fingerprint density at radius 1 is 1.38 bits per heavy atom. The SMILES string of the molecule is Cc1cccc(C)c1CN1CC(C(=O)O)C1. The van der Waals surface area contributed by atoms with Gasteiger partial charge in [0.2, 0.25) is 0 Å². The topological polar surface area (TPSA) is 40.5 Å². The number of aliphatic carboxylic acids is 1. The van der Waals surface area contributed by atoms with Crippen molar-refractivity contribution in [1.29, 1.82) is 0 Å². The lowest BCUT2D eigenvalue weighted by Crippen LogP contribution is -2.49. The molecule has 1 aromatic carbocycles. The van der Waals surface area contributed by atoms with Crippen molar-refractivity contribution in [3.05, 3.63) is 34.9 Å². The Labute approximate surface area is 95.7 Å². The number of carboxylic acids is 1. The number of carboxylic acid groups (broad SMARTS) is 1. The zero-order chi connectivity index (χ0) is 11.7. The third-order valence-corrected chi connectivity index (χ3v) is 3.33. The molecule has 0 radical (unpaired) electrons. The van der Waals surface area contributed by atoms with Crippen LogP contribution in [0, 0.1) is 19.8 Å². The fourth-order valence-corrected chi connectivity index (χ4v) is 2.18. The van der Waals surface area contributed by atoms with Crippen LogP contribution in [-0.2, 0) is 11.3 Å². The molecule has 0 aliphatic carbocycles. The summed E-state index contributed by atoms with van der Waals surface area (Å²) in [5.74, 6) is -0.831. The van der Waals surface area contributed by atoms with Crippen molar-refractivity contribution in [2.75, 3.05) is 13.1 Å². The second kappa shape index (κ2) is 4.26. The van der Waals surface area contributed by atoms with E-state index in [1.807, 2.05) is 0 Å². The monoisotopic (exact) mass is 219 g/mol. The fraction of sp³-hybridized carbons (Fsp3) is 0.462. The molecule has 0 amide bonds. The average Bonchev–Trinajstić information content (AvgIpc) is 2.13. The van der Waals surface area contributed by atoms with Gasteiger partial charge in [0.25, 0.3) is 0 Å². The van der Waals surface area contributed by atoms with Gasteiger partial charge < -0.3 is 5.11 Å². The first kappa shape index (κ1) is 11.1. The quantitative estimate of drug-likeness (QED) is 0.843. The standard InChI is InChI=1S/C13H17NO2/c1-9-4-3-5-10(2)12(9)8-14-6-11(7-14)13(15)16/h3-5,11H,6-8H2,1-2H3,(H,15,16). The second-order valence-electron chi connectivity index (χ2n) is 4.60. The molecule has 1 fully saturated rings. The third kappa shape index (κ3) is 2.09. The number of aryl methyl sites for hydroxylation is 2. The van der Waals surface area contributed by atoms with Crippen LogP contribution in [0.15, 0.2) is 18.2 Å². The molecule has 1 N–H and O–H groups in total. The van der Waals surface area contributed by atoms with Crippen molar-refractivity contribution >= 4 is 5.97 Å². The first-order chi connectivity index (χ1) is 7.58. The van der Waals surface area contributed by atoms with Crippen LogP contribution in [0.3, 0.4) is 0 Å². The molecular formula is C13H17NO2. The zero-order valence-electron chi connectivity index (χ0n) is 9.73. The van der Waals surface area contributed by atoms with E-state index in [1.54, 1.807) is 0 Å². The average molecular weight is 219 g/mol. The molecule has 0 saturated carbocycles. The van der Waals surface area contributed by atoms with Crippen LogP contribution >= 0.6 is 0 Å². The number of carbonyl (C=O) groups is 1. The van der Waals surface area contributed by atoms with Gasteiger partial charge in [0.1, 0.15) is 0 Å². The van der Waals surface area contributed by atoms with Crippen LogP contribution in [0.2, 0.25) is 0 Å². The first-order valence-corrected chi connectivity index (χ1v) is 5.58. The van der Waals surface area contributed by atoms with Crippen molar-refractivity contribution in [2.45, 2.75) is 20.4 Å². The van der Waals surface area contributed by atoms with Crippen molar-refractivity contribution in [3.8, 4) is 0 Å². The van der Waals surface area contributed by atoms with Gasteiger partial charge >= 0.3 is 5.97 Å². The molecule has 86 valence electrons. The fourth-order valence-electron chi connectivity index (χ4n) is 2.18. The second-order valence-corrected chi connectivity index (χ2v) is 4.60. The van der Waals surface area contributed by atoms with E-state index in [0.29, 0.717) is 13.1 Å². The van der Waals surface area contributed by atoms with Crippen LogP contribution in [-0.4, -0.2) is 29.1 Å². The highest BCUT2D eigenvalue weighted by Gasteiger charge is 2.32. The summed E-state index contributed by atoms with van der Waals surface area (Å²) < 4.78 is 0. The van der Waals surface area contributed by atoms with Gasteiger partial charge in [0, 0.05) is 19.6 Å². The predicted octanol–water partition coefficient (Wildman–Crippen LogP) is 1.82. The lowest BCUT2D eigenvalue weighted by atomic mass is 9.96. The first-order valence-electron chi connectivity index (χ1n) is 5.58. The Bertz CT molecular complexity index is 388. The highest BCUT2D eigenvalue weighted by atomic mass is 16.4. The van der Waals surface area contributed by atoms with Gasteiger partial charge in [0.05, 0.1) is 5.92 Å². The summed E-state index contributed by atoms with van der Waals surface area (Å²) >= 11 is 0. The molecule has 0 bridgehead atoms. The highest BCUT2D eigenvalue weighted by Crippen LogP contribution is 2.22. The summed E-state index contributed by atoms with van der Waals surface area (Å²) in [6.45, 7) is 6.46. The Kier molecular flexibility index (Phi) is 2.97. The molecule has 3 heteroatoms. The Hall–Kier alpha value is -1.35. The van der Waals surface area contributed by atoms with Gasteiger partial charge in [-0.1, -0.05) is 18.2 Å². The van der Waals surface area contributed by atoms with Crippen molar-refractivity contribution in [3.63, 3.8) is 0 Å². The Morgan fingerprint density at radius 2 is 1.94 bits per heavy atom. The molecule has 3 nitrogen and oxygen atoms in total. The molecule has 1 aliphatic heterocycles. The molecule has 0 aromatic heterocycles. The molecular weight excluding hydrogens is 202 g/mol. The van der Waals surface area contributed by atoms with Crippen molar-refractivity contribution < 1.29 is 9.90 Å². The molecule has 0 atom stereocenters. The maximum Gasteiger partial charge on any atom is 0.309 e. The minimum Gasteiger partial charge on any atom is -0.481 e. The van der Waals surface area contributed by atoms with Crippen LogP contribution in [0.5, 0.6) is 0 Å². The summed E-state index contributed by atoms with van der Waals surface area (Å²) in [4.78, 5) is 12.9. The molecule has 1 aliphatic rings. The van der Waals surface area contributed by atoms with Gasteiger partial charge in [-0.3, -0.25) is 9.69 Å². The molecule has 2 rings (SSSR count). The third-order valence-electron chi connectivity index (χ3n) is 3.33. The van der Waals surface area contributed by atoms with E-state index in [9.17, 15) is 4.79 Å². The number of hydrogen-bond donors (Lipinski definition) is 1. The van der Waals surface area contributed by atoms with Gasteiger partial charge in [-0.05, 0) is 30.5 Å². The Balaban J connectivity index is 1.99. The Morgan fingerprint density at radius 3 is 2.44 bits per heavy atom. The zero-order valence-corrected chi connectivity index (χ0v) is 9.73. The molecule has 1 heterocycles. The summed E-state index contributed by atoms with van der Waals surface area (Å²) in [5.41, 5.74) is 3.92. The lowest BCUT2D eigenvalue weighted by molar-refractivity contribution is -0.147. The number of benzene rings is 1. The molecule has 0 spiro atoms. The van der Waals surface area contributed by atoms with Gasteiger partial charge in [-0.2, -0.15) is 0 Å². The van der Waals surface area contributed by atoms with E-state index in [4.69, 9.17) is 5.11 Å². The molecule has 16 heavy (non-hydrogen) atoms. The van der Waals surface area contributed by atoms with E-state index in [-0.39, 0.29) is 5.92 Å². The van der Waals surface area contributed by atoms with E-state index in [0.717, 1.165) is 6.54 Å². The van der Waals surface area contributed by atoms with E-state index >= 15 is 0 Å². The maximum atomic E-state index is 10.7. The van der Waals surface area contributed by atoms with Gasteiger partial charge in [-0.25, -0.2) is 0 Å². The normalized spacial score (nSPS) is 17.1. The number of hydrogen-bond acceptors (Lipinski definition) is 2. The minimum absolute atomic E-state index is 0.163. The van der Waals surface area contributed by atoms with Crippen LogP contribution in [0.25, 0.3) is 0 Å². The minimum atomic E-state index is -0.669. The van der Waals surface area contributed by atoms with E-state index in [1.165, 1.54) is 16.7 Å². The summed E-state index contributed by atoms with van der Waals surface area (Å²) in [7, 11) is 0.